The Balaban J connectivity index is 1.61. The standard InChI is InChI=1S/C20H31N3O2/c1-21(2)13-16-5-7-18(8-6-16)20(25)23-11-10-22(14-17-3-4-17)19(15-23)9-12-24/h5-8,17,19,24H,3-4,9-15H2,1-2H3/t19-/m1/s1. The molecule has 0 radical (unpaired) electrons. The first-order chi connectivity index (χ1) is 12.1. The van der Waals surface area contributed by atoms with Gasteiger partial charge < -0.3 is 14.9 Å². The van der Waals surface area contributed by atoms with Gasteiger partial charge >= 0.3 is 0 Å². The minimum absolute atomic E-state index is 0.116. The maximum atomic E-state index is 12.9. The van der Waals surface area contributed by atoms with Crippen LogP contribution in [0.2, 0.25) is 0 Å². The molecule has 1 saturated heterocycles. The molecule has 1 aliphatic heterocycles. The number of hydrogen-bond donors (Lipinski definition) is 1. The van der Waals surface area contributed by atoms with Crippen molar-refractivity contribution in [3.8, 4) is 0 Å². The lowest BCUT2D eigenvalue weighted by atomic mass is 10.1. The molecule has 0 unspecified atom stereocenters. The predicted molar refractivity (Wildman–Crippen MR) is 99.5 cm³/mol. The Morgan fingerprint density at radius 1 is 1.20 bits per heavy atom. The van der Waals surface area contributed by atoms with Crippen molar-refractivity contribution >= 4 is 5.91 Å². The van der Waals surface area contributed by atoms with Crippen LogP contribution in [0.15, 0.2) is 24.3 Å². The lowest BCUT2D eigenvalue weighted by molar-refractivity contribution is 0.0407. The van der Waals surface area contributed by atoms with Crippen molar-refractivity contribution in [3.05, 3.63) is 35.4 Å². The SMILES string of the molecule is CN(C)Cc1ccc(C(=O)N2CCN(CC3CC3)[C@H](CCO)C2)cc1. The first-order valence-electron chi connectivity index (χ1n) is 9.44. The van der Waals surface area contributed by atoms with E-state index in [1.165, 1.54) is 18.4 Å². The summed E-state index contributed by atoms with van der Waals surface area (Å²) in [5.41, 5.74) is 1.98. The Kier molecular flexibility index (Phi) is 6.10. The highest BCUT2D eigenvalue weighted by molar-refractivity contribution is 5.94. The normalized spacial score (nSPS) is 21.8. The molecule has 1 N–H and O–H groups in total. The Morgan fingerprint density at radius 2 is 1.92 bits per heavy atom. The summed E-state index contributed by atoms with van der Waals surface area (Å²) >= 11 is 0. The third-order valence-electron chi connectivity index (χ3n) is 5.24. The fourth-order valence-corrected chi connectivity index (χ4v) is 3.67. The van der Waals surface area contributed by atoms with Gasteiger partial charge in [0, 0.05) is 50.9 Å². The number of hydrogen-bond acceptors (Lipinski definition) is 4. The summed E-state index contributed by atoms with van der Waals surface area (Å²) in [6, 6.07) is 8.26. The van der Waals surface area contributed by atoms with Crippen LogP contribution in [0, 0.1) is 5.92 Å². The van der Waals surface area contributed by atoms with E-state index in [0.717, 1.165) is 50.6 Å². The third-order valence-corrected chi connectivity index (χ3v) is 5.24. The highest BCUT2D eigenvalue weighted by Crippen LogP contribution is 2.31. The molecule has 0 aromatic heterocycles. The van der Waals surface area contributed by atoms with Crippen LogP contribution in [0.1, 0.15) is 35.2 Å². The second-order valence-electron chi connectivity index (χ2n) is 7.79. The predicted octanol–water partition coefficient (Wildman–Crippen LogP) is 1.67. The topological polar surface area (TPSA) is 47.0 Å². The van der Waals surface area contributed by atoms with Gasteiger partial charge in [-0.05, 0) is 57.0 Å². The van der Waals surface area contributed by atoms with Gasteiger partial charge in [0.1, 0.15) is 0 Å². The molecular formula is C20H31N3O2. The van der Waals surface area contributed by atoms with Crippen LogP contribution in [0.3, 0.4) is 0 Å². The summed E-state index contributed by atoms with van der Waals surface area (Å²) in [6.07, 6.45) is 3.42. The van der Waals surface area contributed by atoms with E-state index in [0.29, 0.717) is 0 Å². The molecule has 138 valence electrons. The van der Waals surface area contributed by atoms with Crippen molar-refractivity contribution in [1.82, 2.24) is 14.7 Å². The third kappa shape index (κ3) is 5.03. The Labute approximate surface area is 151 Å². The number of nitrogens with zero attached hydrogens (tertiary/aromatic N) is 3. The van der Waals surface area contributed by atoms with Crippen LogP contribution < -0.4 is 0 Å². The largest absolute Gasteiger partial charge is 0.396 e. The zero-order valence-corrected chi connectivity index (χ0v) is 15.5. The molecule has 0 bridgehead atoms. The second kappa shape index (κ2) is 8.30. The number of amides is 1. The van der Waals surface area contributed by atoms with E-state index in [1.54, 1.807) is 0 Å². The second-order valence-corrected chi connectivity index (χ2v) is 7.79. The summed E-state index contributed by atoms with van der Waals surface area (Å²) in [7, 11) is 4.09. The van der Waals surface area contributed by atoms with E-state index in [2.05, 4.69) is 9.80 Å². The minimum atomic E-state index is 0.116. The highest BCUT2D eigenvalue weighted by Gasteiger charge is 2.33. The zero-order chi connectivity index (χ0) is 17.8. The molecule has 5 heteroatoms. The van der Waals surface area contributed by atoms with Crippen molar-refractivity contribution in [2.45, 2.75) is 31.8 Å². The highest BCUT2D eigenvalue weighted by atomic mass is 16.3. The zero-order valence-electron chi connectivity index (χ0n) is 15.5. The van der Waals surface area contributed by atoms with Gasteiger partial charge in [0.15, 0.2) is 0 Å². The van der Waals surface area contributed by atoms with Gasteiger partial charge in [0.2, 0.25) is 0 Å². The van der Waals surface area contributed by atoms with Gasteiger partial charge in [-0.25, -0.2) is 0 Å². The summed E-state index contributed by atoms with van der Waals surface area (Å²) in [5, 5.41) is 9.40. The number of aliphatic hydroxyl groups excluding tert-OH is 1. The number of carbonyl (C=O) groups is 1. The molecule has 1 saturated carbocycles. The van der Waals surface area contributed by atoms with Gasteiger partial charge in [0.25, 0.3) is 5.91 Å². The number of rotatable bonds is 7. The van der Waals surface area contributed by atoms with E-state index >= 15 is 0 Å². The van der Waals surface area contributed by atoms with Crippen LogP contribution in [0.25, 0.3) is 0 Å². The van der Waals surface area contributed by atoms with Crippen molar-refractivity contribution in [3.63, 3.8) is 0 Å². The van der Waals surface area contributed by atoms with Crippen LogP contribution >= 0.6 is 0 Å². The van der Waals surface area contributed by atoms with Crippen molar-refractivity contribution in [1.29, 1.82) is 0 Å². The first-order valence-corrected chi connectivity index (χ1v) is 9.44. The monoisotopic (exact) mass is 345 g/mol. The van der Waals surface area contributed by atoms with Crippen molar-refractivity contribution < 1.29 is 9.90 Å². The molecule has 1 aromatic carbocycles. The fourth-order valence-electron chi connectivity index (χ4n) is 3.67. The summed E-state index contributed by atoms with van der Waals surface area (Å²) in [4.78, 5) is 19.4. The van der Waals surface area contributed by atoms with E-state index in [4.69, 9.17) is 0 Å². The summed E-state index contributed by atoms with van der Waals surface area (Å²) in [5.74, 6) is 0.957. The molecular weight excluding hydrogens is 314 g/mol. The molecule has 1 aliphatic carbocycles. The van der Waals surface area contributed by atoms with Gasteiger partial charge in [0.05, 0.1) is 0 Å². The smallest absolute Gasteiger partial charge is 0.253 e. The average molecular weight is 345 g/mol. The Morgan fingerprint density at radius 3 is 2.52 bits per heavy atom. The van der Waals surface area contributed by atoms with Gasteiger partial charge in [-0.1, -0.05) is 12.1 Å². The van der Waals surface area contributed by atoms with Crippen LogP contribution in [0.4, 0.5) is 0 Å². The molecule has 1 amide bonds. The molecule has 5 nitrogen and oxygen atoms in total. The summed E-state index contributed by atoms with van der Waals surface area (Å²) in [6.45, 7) is 4.63. The van der Waals surface area contributed by atoms with Crippen LogP contribution in [0.5, 0.6) is 0 Å². The van der Waals surface area contributed by atoms with E-state index in [9.17, 15) is 9.90 Å². The average Bonchev–Trinajstić information content (AvgIpc) is 3.40. The number of carbonyl (C=O) groups excluding carboxylic acids is 1. The Bertz CT molecular complexity index is 569. The lowest BCUT2D eigenvalue weighted by Crippen LogP contribution is -2.55. The minimum Gasteiger partial charge on any atom is -0.396 e. The van der Waals surface area contributed by atoms with Gasteiger partial charge in [-0.15, -0.1) is 0 Å². The van der Waals surface area contributed by atoms with Crippen molar-refractivity contribution in [2.75, 3.05) is 46.9 Å². The molecule has 2 aliphatic rings. The van der Waals surface area contributed by atoms with Crippen LogP contribution in [-0.4, -0.2) is 78.6 Å². The van der Waals surface area contributed by atoms with E-state index in [-0.39, 0.29) is 18.6 Å². The van der Waals surface area contributed by atoms with Gasteiger partial charge in [-0.3, -0.25) is 9.69 Å². The maximum Gasteiger partial charge on any atom is 0.253 e. The fraction of sp³-hybridized carbons (Fsp3) is 0.650. The Hall–Kier alpha value is -1.43. The summed E-state index contributed by atoms with van der Waals surface area (Å²) < 4.78 is 0. The van der Waals surface area contributed by atoms with E-state index < -0.39 is 0 Å². The maximum absolute atomic E-state index is 12.9. The van der Waals surface area contributed by atoms with Crippen LogP contribution in [-0.2, 0) is 6.54 Å². The molecule has 1 atom stereocenters. The first kappa shape index (κ1) is 18.4. The number of aliphatic hydroxyl groups is 1. The molecule has 1 heterocycles. The molecule has 1 aromatic rings. The molecule has 25 heavy (non-hydrogen) atoms. The lowest BCUT2D eigenvalue weighted by Gasteiger charge is -2.41. The van der Waals surface area contributed by atoms with Gasteiger partial charge in [-0.2, -0.15) is 0 Å². The molecule has 2 fully saturated rings. The molecule has 3 rings (SSSR count). The van der Waals surface area contributed by atoms with E-state index in [1.807, 2.05) is 43.3 Å². The molecule has 0 spiro atoms. The van der Waals surface area contributed by atoms with Crippen molar-refractivity contribution in [2.24, 2.45) is 5.92 Å². The number of benzene rings is 1. The quantitative estimate of drug-likeness (QED) is 0.817. The number of piperazine rings is 1.